The van der Waals surface area contributed by atoms with Crippen molar-refractivity contribution in [2.75, 3.05) is 11.5 Å². The Kier molecular flexibility index (Phi) is 7.43. The quantitative estimate of drug-likeness (QED) is 0.190. The maximum absolute atomic E-state index is 16.2. The SMILES string of the molecule is Cc1nn(C)c2c1C(c1ccc(B3OC(C)(C)C(C)(C)O3)cc1F)N(c1ccc3c(c1)ncn3COCC[Si](C)(C)C)C2=O. The smallest absolute Gasteiger partial charge is 0.399 e. The molecule has 0 saturated carbocycles. The first-order chi connectivity index (χ1) is 20.6. The van der Waals surface area contributed by atoms with E-state index in [1.54, 1.807) is 29.0 Å². The highest BCUT2D eigenvalue weighted by Gasteiger charge is 2.52. The molecule has 0 bridgehead atoms. The number of hydrogen-bond donors (Lipinski definition) is 0. The van der Waals surface area contributed by atoms with Crippen LogP contribution in [0.25, 0.3) is 11.0 Å². The second-order valence-corrected chi connectivity index (χ2v) is 19.8. The Hall–Kier alpha value is -3.32. The van der Waals surface area contributed by atoms with Gasteiger partial charge >= 0.3 is 7.12 Å². The molecule has 9 nitrogen and oxygen atoms in total. The van der Waals surface area contributed by atoms with E-state index in [2.05, 4.69) is 29.7 Å². The van der Waals surface area contributed by atoms with Crippen LogP contribution in [0, 0.1) is 12.7 Å². The van der Waals surface area contributed by atoms with E-state index in [0.29, 0.717) is 47.0 Å². The number of amides is 1. The molecule has 1 fully saturated rings. The Morgan fingerprint density at radius 2 is 1.77 bits per heavy atom. The van der Waals surface area contributed by atoms with Crippen molar-refractivity contribution in [2.45, 2.75) is 84.3 Å². The van der Waals surface area contributed by atoms with E-state index in [4.69, 9.17) is 14.0 Å². The van der Waals surface area contributed by atoms with Crippen LogP contribution in [0.3, 0.4) is 0 Å². The lowest BCUT2D eigenvalue weighted by Crippen LogP contribution is -2.41. The van der Waals surface area contributed by atoms with Crippen LogP contribution in [-0.2, 0) is 27.8 Å². The molecule has 232 valence electrons. The lowest BCUT2D eigenvalue weighted by molar-refractivity contribution is 0.00578. The first kappa shape index (κ1) is 30.7. The molecule has 0 radical (unpaired) electrons. The zero-order valence-corrected chi connectivity index (χ0v) is 28.1. The van der Waals surface area contributed by atoms with Crippen molar-refractivity contribution in [3.8, 4) is 0 Å². The molecular formula is C32H41BFN5O4Si. The third kappa shape index (κ3) is 5.21. The van der Waals surface area contributed by atoms with Crippen molar-refractivity contribution in [2.24, 2.45) is 7.05 Å². The molecule has 12 heteroatoms. The van der Waals surface area contributed by atoms with Crippen LogP contribution in [0.1, 0.15) is 61.0 Å². The van der Waals surface area contributed by atoms with E-state index in [1.807, 2.05) is 63.5 Å². The molecule has 4 heterocycles. The molecule has 4 aromatic rings. The summed E-state index contributed by atoms with van der Waals surface area (Å²) in [5.74, 6) is -0.687. The lowest BCUT2D eigenvalue weighted by atomic mass is 9.78. The largest absolute Gasteiger partial charge is 0.494 e. The molecule has 6 rings (SSSR count). The van der Waals surface area contributed by atoms with Crippen molar-refractivity contribution < 1.29 is 23.2 Å². The van der Waals surface area contributed by atoms with Crippen LogP contribution in [0.2, 0.25) is 25.7 Å². The van der Waals surface area contributed by atoms with E-state index >= 15 is 4.39 Å². The Bertz CT molecular complexity index is 1750. The highest BCUT2D eigenvalue weighted by molar-refractivity contribution is 6.76. The number of hydrogen-bond acceptors (Lipinski definition) is 6. The van der Waals surface area contributed by atoms with Gasteiger partial charge in [0.25, 0.3) is 5.91 Å². The molecule has 1 amide bonds. The minimum Gasteiger partial charge on any atom is -0.399 e. The molecule has 1 unspecified atom stereocenters. The van der Waals surface area contributed by atoms with Gasteiger partial charge in [-0.3, -0.25) is 14.4 Å². The van der Waals surface area contributed by atoms with Crippen LogP contribution in [-0.4, -0.2) is 58.2 Å². The molecule has 0 spiro atoms. The van der Waals surface area contributed by atoms with E-state index in [0.717, 1.165) is 17.1 Å². The topological polar surface area (TPSA) is 83.6 Å². The number of imidazole rings is 1. The lowest BCUT2D eigenvalue weighted by Gasteiger charge is -2.32. The van der Waals surface area contributed by atoms with Crippen molar-refractivity contribution in [1.82, 2.24) is 19.3 Å². The fraction of sp³-hybridized carbons (Fsp3) is 0.469. The van der Waals surface area contributed by atoms with Crippen LogP contribution in [0.4, 0.5) is 10.1 Å². The Morgan fingerprint density at radius 1 is 1.07 bits per heavy atom. The molecule has 2 aliphatic heterocycles. The third-order valence-corrected chi connectivity index (χ3v) is 10.9. The monoisotopic (exact) mass is 617 g/mol. The van der Waals surface area contributed by atoms with Crippen molar-refractivity contribution in [3.05, 3.63) is 71.1 Å². The number of rotatable bonds is 8. The zero-order chi connectivity index (χ0) is 31.8. The van der Waals surface area contributed by atoms with Gasteiger partial charge in [0, 0.05) is 38.5 Å². The summed E-state index contributed by atoms with van der Waals surface area (Å²) in [6, 6.07) is 11.1. The van der Waals surface area contributed by atoms with Crippen LogP contribution < -0.4 is 10.4 Å². The van der Waals surface area contributed by atoms with E-state index in [-0.39, 0.29) is 5.91 Å². The predicted molar refractivity (Wildman–Crippen MR) is 173 cm³/mol. The molecule has 0 N–H and O–H groups in total. The standard InChI is InChI=1S/C32H41BFN5O4Si/c1-20-27-28(23-12-10-21(16-24(23)34)33-42-31(2,3)32(4,5)43-33)39(30(40)29(27)37(6)36-20)22-11-13-26-25(17-22)35-18-38(26)19-41-14-15-44(7,8)9/h10-13,16-18,28H,14-15,19H2,1-9H3. The molecule has 0 aliphatic carbocycles. The van der Waals surface area contributed by atoms with Gasteiger partial charge in [-0.05, 0) is 70.4 Å². The van der Waals surface area contributed by atoms with Gasteiger partial charge in [-0.1, -0.05) is 31.8 Å². The number of carbonyl (C=O) groups excluding carboxylic acids is 1. The second kappa shape index (κ2) is 10.6. The fourth-order valence-electron chi connectivity index (χ4n) is 5.91. The average Bonchev–Trinajstić information content (AvgIpc) is 3.61. The summed E-state index contributed by atoms with van der Waals surface area (Å²) in [4.78, 5) is 20.3. The number of anilines is 1. The van der Waals surface area contributed by atoms with Crippen molar-refractivity contribution in [1.29, 1.82) is 0 Å². The van der Waals surface area contributed by atoms with Gasteiger partial charge < -0.3 is 18.6 Å². The number of halogens is 1. The maximum atomic E-state index is 16.2. The van der Waals surface area contributed by atoms with Gasteiger partial charge in [0.15, 0.2) is 0 Å². The van der Waals surface area contributed by atoms with E-state index in [9.17, 15) is 4.79 Å². The van der Waals surface area contributed by atoms with Crippen molar-refractivity contribution >= 4 is 43.3 Å². The van der Waals surface area contributed by atoms with Crippen molar-refractivity contribution in [3.63, 3.8) is 0 Å². The number of carbonyl (C=O) groups is 1. The summed E-state index contributed by atoms with van der Waals surface area (Å²) < 4.78 is 38.0. The van der Waals surface area contributed by atoms with E-state index < -0.39 is 38.3 Å². The maximum Gasteiger partial charge on any atom is 0.494 e. The van der Waals surface area contributed by atoms with E-state index in [1.165, 1.54) is 6.07 Å². The second-order valence-electron chi connectivity index (χ2n) is 14.2. The Labute approximate surface area is 259 Å². The number of aromatic nitrogens is 4. The molecule has 2 aromatic carbocycles. The van der Waals surface area contributed by atoms with Gasteiger partial charge in [-0.15, -0.1) is 0 Å². The van der Waals surface area contributed by atoms with Gasteiger partial charge in [-0.25, -0.2) is 9.37 Å². The molecular weight excluding hydrogens is 576 g/mol. The predicted octanol–water partition coefficient (Wildman–Crippen LogP) is 5.58. The van der Waals surface area contributed by atoms with Gasteiger partial charge in [-0.2, -0.15) is 5.10 Å². The highest BCUT2D eigenvalue weighted by atomic mass is 28.3. The molecule has 2 aromatic heterocycles. The zero-order valence-electron chi connectivity index (χ0n) is 27.1. The number of aryl methyl sites for hydroxylation is 2. The Morgan fingerprint density at radius 3 is 2.43 bits per heavy atom. The number of benzene rings is 2. The number of fused-ring (bicyclic) bond motifs is 2. The third-order valence-electron chi connectivity index (χ3n) is 9.18. The summed E-state index contributed by atoms with van der Waals surface area (Å²) in [7, 11) is -0.136. The summed E-state index contributed by atoms with van der Waals surface area (Å²) in [6.45, 7) is 17.8. The molecule has 1 atom stereocenters. The normalized spacial score (nSPS) is 19.4. The molecule has 44 heavy (non-hydrogen) atoms. The van der Waals surface area contributed by atoms with Crippen LogP contribution in [0.15, 0.2) is 42.7 Å². The minimum absolute atomic E-state index is 0.240. The first-order valence-electron chi connectivity index (χ1n) is 15.1. The summed E-state index contributed by atoms with van der Waals surface area (Å²) in [5.41, 5.74) is 3.94. The first-order valence-corrected chi connectivity index (χ1v) is 18.8. The Balaban J connectivity index is 1.34. The van der Waals surface area contributed by atoms with Crippen LogP contribution >= 0.6 is 0 Å². The average molecular weight is 618 g/mol. The summed E-state index contributed by atoms with van der Waals surface area (Å²) >= 11 is 0. The summed E-state index contributed by atoms with van der Waals surface area (Å²) in [6.07, 6.45) is 1.75. The van der Waals surface area contributed by atoms with Crippen LogP contribution in [0.5, 0.6) is 0 Å². The van der Waals surface area contributed by atoms with Gasteiger partial charge in [0.05, 0.1) is 40.3 Å². The number of ether oxygens (including phenoxy) is 1. The highest BCUT2D eigenvalue weighted by Crippen LogP contribution is 2.44. The van der Waals surface area contributed by atoms with Gasteiger partial charge in [0.2, 0.25) is 0 Å². The number of nitrogens with zero attached hydrogens (tertiary/aromatic N) is 5. The summed E-state index contributed by atoms with van der Waals surface area (Å²) in [5, 5.41) is 4.51. The minimum atomic E-state index is -1.18. The fourth-order valence-corrected chi connectivity index (χ4v) is 6.67. The van der Waals surface area contributed by atoms with Gasteiger partial charge in [0.1, 0.15) is 18.2 Å². The molecule has 1 saturated heterocycles. The molecule has 2 aliphatic rings.